The van der Waals surface area contributed by atoms with Gasteiger partial charge in [-0.2, -0.15) is 4.98 Å². The van der Waals surface area contributed by atoms with Crippen molar-refractivity contribution >= 4 is 5.69 Å². The van der Waals surface area contributed by atoms with Crippen molar-refractivity contribution in [3.63, 3.8) is 0 Å². The molecular formula is C12H14N4O4. The van der Waals surface area contributed by atoms with E-state index in [9.17, 15) is 14.9 Å². The van der Waals surface area contributed by atoms with Gasteiger partial charge in [-0.25, -0.2) is 0 Å². The van der Waals surface area contributed by atoms with Crippen LogP contribution in [0.15, 0.2) is 27.6 Å². The summed E-state index contributed by atoms with van der Waals surface area (Å²) >= 11 is 0. The standard InChI is InChI=1S/C12H14N4O4/c1-8(2)5-11-13-10(14-20-11)7-15-6-9(16(18)19)3-4-12(15)17/h3-4,6,8H,5,7H2,1-2H3. The summed E-state index contributed by atoms with van der Waals surface area (Å²) < 4.78 is 6.24. The Balaban J connectivity index is 2.21. The van der Waals surface area contributed by atoms with Crippen LogP contribution in [-0.2, 0) is 13.0 Å². The van der Waals surface area contributed by atoms with E-state index < -0.39 is 4.92 Å². The molecular weight excluding hydrogens is 264 g/mol. The number of hydrogen-bond donors (Lipinski definition) is 0. The molecule has 0 aromatic carbocycles. The summed E-state index contributed by atoms with van der Waals surface area (Å²) in [5.74, 6) is 1.19. The van der Waals surface area contributed by atoms with E-state index >= 15 is 0 Å². The van der Waals surface area contributed by atoms with Crippen molar-refractivity contribution in [1.29, 1.82) is 0 Å². The van der Waals surface area contributed by atoms with E-state index in [1.165, 1.54) is 16.8 Å². The van der Waals surface area contributed by atoms with E-state index in [2.05, 4.69) is 10.1 Å². The minimum Gasteiger partial charge on any atom is -0.339 e. The van der Waals surface area contributed by atoms with Gasteiger partial charge >= 0.3 is 0 Å². The fourth-order valence-electron chi connectivity index (χ4n) is 1.69. The summed E-state index contributed by atoms with van der Waals surface area (Å²) in [4.78, 5) is 25.9. The van der Waals surface area contributed by atoms with Gasteiger partial charge < -0.3 is 9.09 Å². The van der Waals surface area contributed by atoms with Gasteiger partial charge in [0.25, 0.3) is 11.2 Å². The van der Waals surface area contributed by atoms with Gasteiger partial charge in [-0.05, 0) is 5.92 Å². The van der Waals surface area contributed by atoms with Crippen LogP contribution < -0.4 is 5.56 Å². The summed E-state index contributed by atoms with van der Waals surface area (Å²) in [6.45, 7) is 4.09. The first-order valence-electron chi connectivity index (χ1n) is 6.12. The zero-order valence-corrected chi connectivity index (χ0v) is 11.1. The number of rotatable bonds is 5. The van der Waals surface area contributed by atoms with Crippen molar-refractivity contribution in [2.45, 2.75) is 26.8 Å². The minimum absolute atomic E-state index is 0.0438. The summed E-state index contributed by atoms with van der Waals surface area (Å²) in [6.07, 6.45) is 1.82. The summed E-state index contributed by atoms with van der Waals surface area (Å²) in [6, 6.07) is 2.31. The van der Waals surface area contributed by atoms with Gasteiger partial charge in [0.15, 0.2) is 5.82 Å². The van der Waals surface area contributed by atoms with Gasteiger partial charge in [0.1, 0.15) is 0 Å². The molecule has 0 amide bonds. The third-order valence-corrected chi connectivity index (χ3v) is 2.58. The first-order valence-corrected chi connectivity index (χ1v) is 6.12. The van der Waals surface area contributed by atoms with Crippen molar-refractivity contribution in [2.24, 2.45) is 5.92 Å². The van der Waals surface area contributed by atoms with Crippen molar-refractivity contribution in [3.05, 3.63) is 50.5 Å². The Morgan fingerprint density at radius 3 is 2.85 bits per heavy atom. The first-order chi connectivity index (χ1) is 9.45. The zero-order valence-electron chi connectivity index (χ0n) is 11.1. The molecule has 0 spiro atoms. The highest BCUT2D eigenvalue weighted by atomic mass is 16.6. The van der Waals surface area contributed by atoms with Gasteiger partial charge in [-0.3, -0.25) is 14.9 Å². The summed E-state index contributed by atoms with van der Waals surface area (Å²) in [5.41, 5.74) is -0.513. The SMILES string of the molecule is CC(C)Cc1nc(Cn2cc([N+](=O)[O-])ccc2=O)no1. The minimum atomic E-state index is -0.559. The van der Waals surface area contributed by atoms with Gasteiger partial charge in [-0.1, -0.05) is 19.0 Å². The smallest absolute Gasteiger partial charge is 0.285 e. The van der Waals surface area contributed by atoms with E-state index in [0.29, 0.717) is 24.1 Å². The highest BCUT2D eigenvalue weighted by Gasteiger charge is 2.12. The number of pyridine rings is 1. The fourth-order valence-corrected chi connectivity index (χ4v) is 1.69. The van der Waals surface area contributed by atoms with E-state index in [0.717, 1.165) is 6.07 Å². The normalized spacial score (nSPS) is 10.9. The van der Waals surface area contributed by atoms with Gasteiger partial charge in [0.05, 0.1) is 17.7 Å². The van der Waals surface area contributed by atoms with Crippen LogP contribution in [0.2, 0.25) is 0 Å². The average molecular weight is 278 g/mol. The third kappa shape index (κ3) is 3.28. The Bertz CT molecular complexity index is 674. The Hall–Kier alpha value is -2.51. The van der Waals surface area contributed by atoms with Crippen LogP contribution in [0, 0.1) is 16.0 Å². The van der Waals surface area contributed by atoms with E-state index in [1.807, 2.05) is 13.8 Å². The molecule has 8 heteroatoms. The van der Waals surface area contributed by atoms with Crippen LogP contribution in [0.3, 0.4) is 0 Å². The van der Waals surface area contributed by atoms with Crippen LogP contribution in [0.25, 0.3) is 0 Å². The molecule has 0 atom stereocenters. The van der Waals surface area contributed by atoms with Crippen LogP contribution in [0.1, 0.15) is 25.6 Å². The van der Waals surface area contributed by atoms with Crippen LogP contribution >= 0.6 is 0 Å². The molecule has 0 bridgehead atoms. The Kier molecular flexibility index (Phi) is 3.92. The average Bonchev–Trinajstić information content (AvgIpc) is 2.78. The lowest BCUT2D eigenvalue weighted by molar-refractivity contribution is -0.385. The number of nitrogens with zero attached hydrogens (tertiary/aromatic N) is 4. The second-order valence-electron chi connectivity index (χ2n) is 4.81. The van der Waals surface area contributed by atoms with Crippen molar-refractivity contribution < 1.29 is 9.45 Å². The molecule has 2 aromatic rings. The van der Waals surface area contributed by atoms with Crippen molar-refractivity contribution in [2.75, 3.05) is 0 Å². The van der Waals surface area contributed by atoms with Crippen LogP contribution in [-0.4, -0.2) is 19.6 Å². The number of nitro groups is 1. The number of aromatic nitrogens is 3. The first kappa shape index (κ1) is 13.9. The molecule has 0 saturated heterocycles. The largest absolute Gasteiger partial charge is 0.339 e. The predicted molar refractivity (Wildman–Crippen MR) is 69.3 cm³/mol. The molecule has 8 nitrogen and oxygen atoms in total. The maximum atomic E-state index is 11.6. The zero-order chi connectivity index (χ0) is 14.7. The molecule has 0 unspecified atom stereocenters. The molecule has 0 saturated carbocycles. The number of hydrogen-bond acceptors (Lipinski definition) is 6. The lowest BCUT2D eigenvalue weighted by Gasteiger charge is -2.01. The van der Waals surface area contributed by atoms with Crippen molar-refractivity contribution in [3.8, 4) is 0 Å². The fraction of sp³-hybridized carbons (Fsp3) is 0.417. The van der Waals surface area contributed by atoms with Crippen LogP contribution in [0.5, 0.6) is 0 Å². The van der Waals surface area contributed by atoms with Gasteiger partial charge in [0, 0.05) is 18.6 Å². The monoisotopic (exact) mass is 278 g/mol. The lowest BCUT2D eigenvalue weighted by Crippen LogP contribution is -2.20. The molecule has 2 rings (SSSR count). The molecule has 0 aliphatic rings. The Morgan fingerprint density at radius 2 is 2.20 bits per heavy atom. The maximum absolute atomic E-state index is 11.6. The summed E-state index contributed by atoms with van der Waals surface area (Å²) in [5, 5.41) is 14.4. The highest BCUT2D eigenvalue weighted by molar-refractivity contribution is 5.25. The Labute approximate surface area is 114 Å². The second kappa shape index (κ2) is 5.64. The molecule has 2 aromatic heterocycles. The summed E-state index contributed by atoms with van der Waals surface area (Å²) in [7, 11) is 0. The third-order valence-electron chi connectivity index (χ3n) is 2.58. The molecule has 0 aliphatic carbocycles. The van der Waals surface area contributed by atoms with Crippen molar-refractivity contribution in [1.82, 2.24) is 14.7 Å². The molecule has 2 heterocycles. The topological polar surface area (TPSA) is 104 Å². The maximum Gasteiger partial charge on any atom is 0.285 e. The molecule has 0 aliphatic heterocycles. The Morgan fingerprint density at radius 1 is 1.45 bits per heavy atom. The molecule has 0 fully saturated rings. The van der Waals surface area contributed by atoms with E-state index in [-0.39, 0.29) is 17.8 Å². The second-order valence-corrected chi connectivity index (χ2v) is 4.81. The van der Waals surface area contributed by atoms with E-state index in [1.54, 1.807) is 0 Å². The quantitative estimate of drug-likeness (QED) is 0.604. The molecule has 0 radical (unpaired) electrons. The predicted octanol–water partition coefficient (Wildman–Crippen LogP) is 1.39. The van der Waals surface area contributed by atoms with E-state index in [4.69, 9.17) is 4.52 Å². The highest BCUT2D eigenvalue weighted by Crippen LogP contribution is 2.09. The lowest BCUT2D eigenvalue weighted by atomic mass is 10.1. The molecule has 106 valence electrons. The molecule has 0 N–H and O–H groups in total. The van der Waals surface area contributed by atoms with Gasteiger partial charge in [0.2, 0.25) is 5.89 Å². The van der Waals surface area contributed by atoms with Crippen LogP contribution in [0.4, 0.5) is 5.69 Å². The van der Waals surface area contributed by atoms with Gasteiger partial charge in [-0.15, -0.1) is 0 Å². The molecule has 20 heavy (non-hydrogen) atoms.